The summed E-state index contributed by atoms with van der Waals surface area (Å²) in [5.41, 5.74) is 2.45. The fourth-order valence-electron chi connectivity index (χ4n) is 0.992. The van der Waals surface area contributed by atoms with Crippen LogP contribution in [0.5, 0.6) is 0 Å². The summed E-state index contributed by atoms with van der Waals surface area (Å²) in [6.07, 6.45) is 0. The Kier molecular flexibility index (Phi) is 4.37. The Labute approximate surface area is 81.5 Å². The predicted molar refractivity (Wildman–Crippen MR) is 50.0 cm³/mol. The van der Waals surface area contributed by atoms with Gasteiger partial charge in [-0.15, -0.1) is 12.4 Å². The van der Waals surface area contributed by atoms with Crippen molar-refractivity contribution in [2.45, 2.75) is 6.92 Å². The summed E-state index contributed by atoms with van der Waals surface area (Å²) in [4.78, 5) is 11.0. The lowest BCUT2D eigenvalue weighted by Gasteiger charge is -2.03. The Morgan fingerprint density at radius 2 is 2.15 bits per heavy atom. The van der Waals surface area contributed by atoms with Crippen LogP contribution < -0.4 is 11.3 Å². The standard InChI is InChI=1S/C8H9FN2O.ClH/c1-5-3-2-4-6(9)7(5)8(12)11-10;/h2-4H,10H2,1H3,(H,11,12);1H. The van der Waals surface area contributed by atoms with Gasteiger partial charge in [0.15, 0.2) is 0 Å². The van der Waals surface area contributed by atoms with Gasteiger partial charge >= 0.3 is 0 Å². The molecule has 13 heavy (non-hydrogen) atoms. The molecule has 3 nitrogen and oxygen atoms in total. The molecule has 0 fully saturated rings. The van der Waals surface area contributed by atoms with Crippen molar-refractivity contribution < 1.29 is 9.18 Å². The fraction of sp³-hybridized carbons (Fsp3) is 0.125. The Morgan fingerprint density at radius 1 is 1.54 bits per heavy atom. The molecule has 5 heteroatoms. The largest absolute Gasteiger partial charge is 0.290 e. The Morgan fingerprint density at radius 3 is 2.62 bits per heavy atom. The molecule has 0 bridgehead atoms. The number of hydrazine groups is 1. The van der Waals surface area contributed by atoms with Crippen molar-refractivity contribution in [3.63, 3.8) is 0 Å². The second-order valence-corrected chi connectivity index (χ2v) is 2.41. The molecule has 3 N–H and O–H groups in total. The van der Waals surface area contributed by atoms with Crippen LogP contribution in [0.25, 0.3) is 0 Å². The van der Waals surface area contributed by atoms with Crippen LogP contribution in [-0.2, 0) is 0 Å². The second kappa shape index (κ2) is 4.79. The smallest absolute Gasteiger partial charge is 0.268 e. The average molecular weight is 205 g/mol. The molecule has 1 aromatic carbocycles. The number of aryl methyl sites for hydroxylation is 1. The summed E-state index contributed by atoms with van der Waals surface area (Å²) < 4.78 is 13.0. The molecular formula is C8H10ClFN2O. The van der Waals surface area contributed by atoms with Gasteiger partial charge in [0.25, 0.3) is 5.91 Å². The number of rotatable bonds is 1. The van der Waals surface area contributed by atoms with Gasteiger partial charge in [-0.2, -0.15) is 0 Å². The first-order valence-electron chi connectivity index (χ1n) is 3.43. The summed E-state index contributed by atoms with van der Waals surface area (Å²) in [7, 11) is 0. The zero-order chi connectivity index (χ0) is 9.14. The van der Waals surface area contributed by atoms with Crippen molar-refractivity contribution in [1.82, 2.24) is 5.43 Å². The van der Waals surface area contributed by atoms with Crippen LogP contribution in [0.4, 0.5) is 4.39 Å². The highest BCUT2D eigenvalue weighted by Crippen LogP contribution is 2.11. The van der Waals surface area contributed by atoms with Gasteiger partial charge in [0, 0.05) is 0 Å². The first-order chi connectivity index (χ1) is 5.66. The molecule has 0 aliphatic carbocycles. The van der Waals surface area contributed by atoms with Gasteiger partial charge in [-0.25, -0.2) is 10.2 Å². The van der Waals surface area contributed by atoms with Gasteiger partial charge < -0.3 is 0 Å². The fourth-order valence-corrected chi connectivity index (χ4v) is 0.992. The summed E-state index contributed by atoms with van der Waals surface area (Å²) in [5.74, 6) is 3.71. The molecule has 0 aromatic heterocycles. The first kappa shape index (κ1) is 11.9. The Bertz CT molecular complexity index is 297. The number of carbonyl (C=O) groups excluding carboxylic acids is 1. The van der Waals surface area contributed by atoms with Crippen LogP contribution in [0.1, 0.15) is 15.9 Å². The normalized spacial score (nSPS) is 8.85. The van der Waals surface area contributed by atoms with Crippen LogP contribution in [0.2, 0.25) is 0 Å². The van der Waals surface area contributed by atoms with Crippen LogP contribution in [-0.4, -0.2) is 5.91 Å². The number of nitrogens with two attached hydrogens (primary N) is 1. The number of benzene rings is 1. The zero-order valence-corrected chi connectivity index (χ0v) is 7.82. The third kappa shape index (κ3) is 2.40. The van der Waals surface area contributed by atoms with Crippen molar-refractivity contribution in [3.8, 4) is 0 Å². The molecule has 0 atom stereocenters. The van der Waals surface area contributed by atoms with E-state index in [0.717, 1.165) is 0 Å². The number of nitrogens with one attached hydrogen (secondary N) is 1. The Balaban J connectivity index is 0.00000144. The van der Waals surface area contributed by atoms with E-state index in [1.165, 1.54) is 12.1 Å². The molecule has 1 rings (SSSR count). The topological polar surface area (TPSA) is 55.1 Å². The van der Waals surface area contributed by atoms with Crippen molar-refractivity contribution in [1.29, 1.82) is 0 Å². The summed E-state index contributed by atoms with van der Waals surface area (Å²) in [5, 5.41) is 0. The van der Waals surface area contributed by atoms with E-state index >= 15 is 0 Å². The monoisotopic (exact) mass is 204 g/mol. The van der Waals surface area contributed by atoms with E-state index in [4.69, 9.17) is 5.84 Å². The minimum atomic E-state index is -0.606. The molecule has 72 valence electrons. The van der Waals surface area contributed by atoms with E-state index in [0.29, 0.717) is 5.56 Å². The molecule has 0 saturated carbocycles. The highest BCUT2D eigenvalue weighted by atomic mass is 35.5. The number of halogens is 2. The number of hydrogen-bond acceptors (Lipinski definition) is 2. The molecule has 0 spiro atoms. The molecular weight excluding hydrogens is 195 g/mol. The van der Waals surface area contributed by atoms with Gasteiger partial charge in [0.2, 0.25) is 0 Å². The van der Waals surface area contributed by atoms with Gasteiger partial charge in [-0.3, -0.25) is 10.2 Å². The van der Waals surface area contributed by atoms with Gasteiger partial charge in [0.1, 0.15) is 5.82 Å². The van der Waals surface area contributed by atoms with E-state index in [1.54, 1.807) is 13.0 Å². The van der Waals surface area contributed by atoms with Crippen LogP contribution >= 0.6 is 12.4 Å². The predicted octanol–water partition coefficient (Wildman–Crippen LogP) is 1.16. The molecule has 0 aliphatic heterocycles. The lowest BCUT2D eigenvalue weighted by molar-refractivity contribution is 0.0949. The number of carbonyl (C=O) groups is 1. The SMILES string of the molecule is Cc1cccc(F)c1C(=O)NN.Cl. The van der Waals surface area contributed by atoms with Gasteiger partial charge in [-0.05, 0) is 18.6 Å². The van der Waals surface area contributed by atoms with Crippen LogP contribution in [0.3, 0.4) is 0 Å². The Hall–Kier alpha value is -1.13. The van der Waals surface area contributed by atoms with Crippen molar-refractivity contribution in [2.75, 3.05) is 0 Å². The van der Waals surface area contributed by atoms with Crippen molar-refractivity contribution in [3.05, 3.63) is 35.1 Å². The van der Waals surface area contributed by atoms with E-state index in [2.05, 4.69) is 0 Å². The average Bonchev–Trinajstić information content (AvgIpc) is 2.03. The molecule has 0 saturated heterocycles. The maximum atomic E-state index is 13.0. The zero-order valence-electron chi connectivity index (χ0n) is 7.00. The maximum Gasteiger partial charge on any atom is 0.268 e. The first-order valence-corrected chi connectivity index (χ1v) is 3.43. The van der Waals surface area contributed by atoms with E-state index < -0.39 is 11.7 Å². The highest BCUT2D eigenvalue weighted by Gasteiger charge is 2.11. The molecule has 1 amide bonds. The second-order valence-electron chi connectivity index (χ2n) is 2.41. The lowest BCUT2D eigenvalue weighted by atomic mass is 10.1. The lowest BCUT2D eigenvalue weighted by Crippen LogP contribution is -2.31. The third-order valence-corrected chi connectivity index (χ3v) is 1.58. The number of amides is 1. The molecule has 1 aromatic rings. The summed E-state index contributed by atoms with van der Waals surface area (Å²) >= 11 is 0. The van der Waals surface area contributed by atoms with Crippen LogP contribution in [0.15, 0.2) is 18.2 Å². The van der Waals surface area contributed by atoms with Gasteiger partial charge in [0.05, 0.1) is 5.56 Å². The van der Waals surface area contributed by atoms with E-state index in [9.17, 15) is 9.18 Å². The minimum Gasteiger partial charge on any atom is -0.290 e. The van der Waals surface area contributed by atoms with E-state index in [-0.39, 0.29) is 18.0 Å². The van der Waals surface area contributed by atoms with E-state index in [1.807, 2.05) is 5.43 Å². The van der Waals surface area contributed by atoms with Crippen molar-refractivity contribution in [2.24, 2.45) is 5.84 Å². The van der Waals surface area contributed by atoms with Crippen molar-refractivity contribution >= 4 is 18.3 Å². The van der Waals surface area contributed by atoms with Crippen LogP contribution in [0, 0.1) is 12.7 Å². The number of nitrogen functional groups attached to an aromatic ring is 1. The summed E-state index contributed by atoms with van der Waals surface area (Å²) in [6.45, 7) is 1.65. The summed E-state index contributed by atoms with van der Waals surface area (Å²) in [6, 6.07) is 4.41. The molecule has 0 heterocycles. The molecule has 0 radical (unpaired) electrons. The molecule has 0 unspecified atom stereocenters. The van der Waals surface area contributed by atoms with Gasteiger partial charge in [-0.1, -0.05) is 12.1 Å². The minimum absolute atomic E-state index is 0. The quantitative estimate of drug-likeness (QED) is 0.410. The maximum absolute atomic E-state index is 13.0. The molecule has 0 aliphatic rings. The third-order valence-electron chi connectivity index (χ3n) is 1.58. The highest BCUT2D eigenvalue weighted by molar-refractivity contribution is 5.95. The number of hydrogen-bond donors (Lipinski definition) is 2.